The van der Waals surface area contributed by atoms with E-state index in [-0.39, 0.29) is 0 Å². The molecule has 0 saturated heterocycles. The molecule has 0 N–H and O–H groups in total. The van der Waals surface area contributed by atoms with E-state index in [0.717, 1.165) is 10.1 Å². The van der Waals surface area contributed by atoms with Crippen molar-refractivity contribution in [3.8, 4) is 0 Å². The number of hydrogen-bond donors (Lipinski definition) is 0. The first kappa shape index (κ1) is 10.7. The standard InChI is InChI=1S/C10H15Br/c1-6-8(4)9(5)10(11)7(2)3/h6H,2H2,1,3-5H3/b8-6-,10-9+. The Labute approximate surface area is 77.8 Å². The molecule has 0 heterocycles. The smallest absolute Gasteiger partial charge is 0.0230 e. The lowest BCUT2D eigenvalue weighted by Gasteiger charge is -2.05. The van der Waals surface area contributed by atoms with Gasteiger partial charge in [-0.3, -0.25) is 0 Å². The monoisotopic (exact) mass is 214 g/mol. The minimum atomic E-state index is 1.07. The van der Waals surface area contributed by atoms with E-state index in [1.165, 1.54) is 11.1 Å². The fraction of sp³-hybridized carbons (Fsp3) is 0.400. The van der Waals surface area contributed by atoms with E-state index >= 15 is 0 Å². The minimum absolute atomic E-state index is 1.07. The van der Waals surface area contributed by atoms with Gasteiger partial charge in [0.1, 0.15) is 0 Å². The van der Waals surface area contributed by atoms with Crippen molar-refractivity contribution < 1.29 is 0 Å². The Bertz CT molecular complexity index is 219. The highest BCUT2D eigenvalue weighted by molar-refractivity contribution is 9.12. The Hall–Kier alpha value is -0.300. The number of rotatable bonds is 2. The van der Waals surface area contributed by atoms with Crippen LogP contribution in [0.2, 0.25) is 0 Å². The van der Waals surface area contributed by atoms with Gasteiger partial charge in [0, 0.05) is 4.48 Å². The van der Waals surface area contributed by atoms with E-state index in [1.807, 2.05) is 13.8 Å². The average Bonchev–Trinajstić information content (AvgIpc) is 2.00. The van der Waals surface area contributed by atoms with Crippen molar-refractivity contribution >= 4 is 15.9 Å². The van der Waals surface area contributed by atoms with E-state index in [1.54, 1.807) is 0 Å². The molecule has 0 amide bonds. The minimum Gasteiger partial charge on any atom is -0.0950 e. The fourth-order valence-corrected chi connectivity index (χ4v) is 1.02. The third-order valence-electron chi connectivity index (χ3n) is 1.73. The molecule has 1 heteroatoms. The van der Waals surface area contributed by atoms with Crippen LogP contribution < -0.4 is 0 Å². The molecule has 0 aromatic rings. The van der Waals surface area contributed by atoms with Crippen LogP contribution in [0.1, 0.15) is 27.7 Å². The largest absolute Gasteiger partial charge is 0.0950 e. The zero-order chi connectivity index (χ0) is 9.02. The van der Waals surface area contributed by atoms with Gasteiger partial charge >= 0.3 is 0 Å². The first-order valence-electron chi connectivity index (χ1n) is 3.66. The molecular weight excluding hydrogens is 200 g/mol. The molecule has 0 unspecified atom stereocenters. The third kappa shape index (κ3) is 3.06. The van der Waals surface area contributed by atoms with Gasteiger partial charge in [-0.1, -0.05) is 34.2 Å². The second kappa shape index (κ2) is 4.55. The van der Waals surface area contributed by atoms with Crippen molar-refractivity contribution in [1.82, 2.24) is 0 Å². The number of allylic oxidation sites excluding steroid dienone is 5. The maximum absolute atomic E-state index is 3.86. The van der Waals surface area contributed by atoms with Gasteiger partial charge in [0.15, 0.2) is 0 Å². The van der Waals surface area contributed by atoms with Crippen LogP contribution in [0, 0.1) is 0 Å². The van der Waals surface area contributed by atoms with Crippen molar-refractivity contribution in [3.05, 3.63) is 33.9 Å². The quantitative estimate of drug-likeness (QED) is 0.605. The van der Waals surface area contributed by atoms with Gasteiger partial charge in [-0.2, -0.15) is 0 Å². The average molecular weight is 215 g/mol. The molecule has 0 fully saturated rings. The summed E-state index contributed by atoms with van der Waals surface area (Å²) in [6, 6.07) is 0. The van der Waals surface area contributed by atoms with E-state index in [2.05, 4.69) is 42.4 Å². The third-order valence-corrected chi connectivity index (χ3v) is 3.00. The maximum atomic E-state index is 3.86. The summed E-state index contributed by atoms with van der Waals surface area (Å²) < 4.78 is 1.12. The first-order valence-corrected chi connectivity index (χ1v) is 4.45. The molecule has 0 nitrogen and oxygen atoms in total. The van der Waals surface area contributed by atoms with Crippen molar-refractivity contribution in [1.29, 1.82) is 0 Å². The lowest BCUT2D eigenvalue weighted by molar-refractivity contribution is 1.30. The van der Waals surface area contributed by atoms with Gasteiger partial charge in [-0.15, -0.1) is 0 Å². The Morgan fingerprint density at radius 3 is 2.00 bits per heavy atom. The van der Waals surface area contributed by atoms with Gasteiger partial charge in [0.2, 0.25) is 0 Å². The highest BCUT2D eigenvalue weighted by Gasteiger charge is 1.99. The summed E-state index contributed by atoms with van der Waals surface area (Å²) in [5, 5.41) is 0. The molecule has 62 valence electrons. The summed E-state index contributed by atoms with van der Waals surface area (Å²) in [4.78, 5) is 0. The molecule has 0 aliphatic heterocycles. The van der Waals surface area contributed by atoms with Crippen LogP contribution in [0.3, 0.4) is 0 Å². The van der Waals surface area contributed by atoms with Crippen LogP contribution in [0.25, 0.3) is 0 Å². The van der Waals surface area contributed by atoms with Crippen molar-refractivity contribution in [2.45, 2.75) is 27.7 Å². The molecule has 0 rings (SSSR count). The Morgan fingerprint density at radius 1 is 1.27 bits per heavy atom. The lowest BCUT2D eigenvalue weighted by atomic mass is 10.1. The fourth-order valence-electron chi connectivity index (χ4n) is 0.710. The highest BCUT2D eigenvalue weighted by Crippen LogP contribution is 2.24. The van der Waals surface area contributed by atoms with E-state index < -0.39 is 0 Å². The zero-order valence-corrected chi connectivity index (χ0v) is 9.25. The maximum Gasteiger partial charge on any atom is 0.0230 e. The summed E-state index contributed by atoms with van der Waals surface area (Å²) in [5.74, 6) is 0. The van der Waals surface area contributed by atoms with Crippen LogP contribution in [-0.4, -0.2) is 0 Å². The van der Waals surface area contributed by atoms with Crippen LogP contribution in [0.15, 0.2) is 33.9 Å². The Balaban J connectivity index is 4.81. The summed E-state index contributed by atoms with van der Waals surface area (Å²) in [6.07, 6.45) is 2.10. The van der Waals surface area contributed by atoms with Crippen LogP contribution in [0.5, 0.6) is 0 Å². The normalized spacial score (nSPS) is 14.5. The van der Waals surface area contributed by atoms with E-state index in [9.17, 15) is 0 Å². The Morgan fingerprint density at radius 2 is 1.73 bits per heavy atom. The Kier molecular flexibility index (Phi) is 4.43. The van der Waals surface area contributed by atoms with Crippen molar-refractivity contribution in [3.63, 3.8) is 0 Å². The first-order chi connectivity index (χ1) is 5.00. The van der Waals surface area contributed by atoms with Crippen LogP contribution in [-0.2, 0) is 0 Å². The van der Waals surface area contributed by atoms with E-state index in [4.69, 9.17) is 0 Å². The highest BCUT2D eigenvalue weighted by atomic mass is 79.9. The van der Waals surface area contributed by atoms with Crippen molar-refractivity contribution in [2.24, 2.45) is 0 Å². The molecule has 0 bridgehead atoms. The molecular formula is C10H15Br. The molecule has 0 saturated carbocycles. The van der Waals surface area contributed by atoms with E-state index in [0.29, 0.717) is 0 Å². The van der Waals surface area contributed by atoms with Gasteiger partial charge in [-0.05, 0) is 38.8 Å². The second-order valence-electron chi connectivity index (χ2n) is 2.69. The molecule has 0 aliphatic carbocycles. The molecule has 0 aromatic carbocycles. The summed E-state index contributed by atoms with van der Waals surface area (Å²) in [6.45, 7) is 12.1. The topological polar surface area (TPSA) is 0 Å². The SMILES string of the molecule is C=C(C)/C(Br)=C(C)\C(C)=C/C. The predicted molar refractivity (Wildman–Crippen MR) is 55.9 cm³/mol. The number of hydrogen-bond acceptors (Lipinski definition) is 0. The summed E-state index contributed by atoms with van der Waals surface area (Å²) >= 11 is 3.49. The summed E-state index contributed by atoms with van der Waals surface area (Å²) in [7, 11) is 0. The molecule has 0 aromatic heterocycles. The van der Waals surface area contributed by atoms with Crippen molar-refractivity contribution in [2.75, 3.05) is 0 Å². The van der Waals surface area contributed by atoms with Gasteiger partial charge in [-0.25, -0.2) is 0 Å². The van der Waals surface area contributed by atoms with Gasteiger partial charge in [0.05, 0.1) is 0 Å². The molecule has 0 spiro atoms. The van der Waals surface area contributed by atoms with Crippen LogP contribution in [0.4, 0.5) is 0 Å². The van der Waals surface area contributed by atoms with Gasteiger partial charge < -0.3 is 0 Å². The number of halogens is 1. The molecule has 0 radical (unpaired) electrons. The van der Waals surface area contributed by atoms with Gasteiger partial charge in [0.25, 0.3) is 0 Å². The summed E-state index contributed by atoms with van der Waals surface area (Å²) in [5.41, 5.74) is 3.63. The predicted octanol–water partition coefficient (Wildman–Crippen LogP) is 4.20. The molecule has 11 heavy (non-hydrogen) atoms. The lowest BCUT2D eigenvalue weighted by Crippen LogP contribution is -1.84. The molecule has 0 aliphatic rings. The van der Waals surface area contributed by atoms with Crippen LogP contribution >= 0.6 is 15.9 Å². The zero-order valence-electron chi connectivity index (χ0n) is 7.66. The second-order valence-corrected chi connectivity index (χ2v) is 3.48. The molecule has 0 atom stereocenters.